The molecular formula is C14H14ClN3O. The highest BCUT2D eigenvalue weighted by molar-refractivity contribution is 6.33. The Bertz CT molecular complexity index is 569. The molecule has 0 bridgehead atoms. The topological polar surface area (TPSA) is 54.0 Å². The van der Waals surface area contributed by atoms with Crippen LogP contribution in [0.5, 0.6) is 0 Å². The molecule has 0 spiro atoms. The third-order valence-corrected chi connectivity index (χ3v) is 2.84. The number of rotatable bonds is 4. The van der Waals surface area contributed by atoms with Crippen LogP contribution in [0.4, 0.5) is 11.5 Å². The van der Waals surface area contributed by atoms with Crippen molar-refractivity contribution < 1.29 is 4.79 Å². The zero-order valence-electron chi connectivity index (χ0n) is 10.5. The number of carbonyl (C=O) groups excluding carboxylic acids is 1. The molecule has 0 aliphatic rings. The summed E-state index contributed by atoms with van der Waals surface area (Å²) in [6.45, 7) is 2.78. The molecule has 2 aromatic rings. The Morgan fingerprint density at radius 2 is 2.05 bits per heavy atom. The Labute approximate surface area is 116 Å². The summed E-state index contributed by atoms with van der Waals surface area (Å²) in [5, 5.41) is 6.32. The lowest BCUT2D eigenvalue weighted by Crippen LogP contribution is -2.12. The maximum atomic E-state index is 12.0. The molecule has 0 atom stereocenters. The molecule has 4 nitrogen and oxygen atoms in total. The van der Waals surface area contributed by atoms with E-state index in [4.69, 9.17) is 11.6 Å². The number of halogens is 1. The van der Waals surface area contributed by atoms with Crippen molar-refractivity contribution in [2.75, 3.05) is 17.2 Å². The minimum Gasteiger partial charge on any atom is -0.370 e. The highest BCUT2D eigenvalue weighted by Crippen LogP contribution is 2.21. The van der Waals surface area contributed by atoms with Crippen molar-refractivity contribution in [2.24, 2.45) is 0 Å². The number of hydrogen-bond acceptors (Lipinski definition) is 3. The van der Waals surface area contributed by atoms with Gasteiger partial charge >= 0.3 is 0 Å². The number of nitrogens with zero attached hydrogens (tertiary/aromatic N) is 1. The van der Waals surface area contributed by atoms with Gasteiger partial charge in [-0.3, -0.25) is 4.79 Å². The molecule has 2 rings (SSSR count). The largest absolute Gasteiger partial charge is 0.370 e. The molecule has 0 unspecified atom stereocenters. The summed E-state index contributed by atoms with van der Waals surface area (Å²) < 4.78 is 0. The van der Waals surface area contributed by atoms with E-state index in [0.29, 0.717) is 16.3 Å². The molecule has 0 aliphatic carbocycles. The lowest BCUT2D eigenvalue weighted by atomic mass is 10.2. The minimum absolute atomic E-state index is 0.233. The van der Waals surface area contributed by atoms with Gasteiger partial charge in [-0.25, -0.2) is 4.98 Å². The first-order valence-corrected chi connectivity index (χ1v) is 6.34. The quantitative estimate of drug-likeness (QED) is 0.899. The molecule has 98 valence electrons. The number of amides is 1. The first-order chi connectivity index (χ1) is 9.20. The molecule has 0 saturated heterocycles. The van der Waals surface area contributed by atoms with Crippen LogP contribution in [0.25, 0.3) is 0 Å². The van der Waals surface area contributed by atoms with Gasteiger partial charge in [0.05, 0.1) is 16.3 Å². The van der Waals surface area contributed by atoms with Crippen molar-refractivity contribution in [3.05, 3.63) is 53.2 Å². The first-order valence-electron chi connectivity index (χ1n) is 5.96. The van der Waals surface area contributed by atoms with E-state index in [2.05, 4.69) is 15.6 Å². The predicted molar refractivity (Wildman–Crippen MR) is 77.8 cm³/mol. The van der Waals surface area contributed by atoms with Crippen molar-refractivity contribution in [1.29, 1.82) is 0 Å². The predicted octanol–water partition coefficient (Wildman–Crippen LogP) is 3.42. The van der Waals surface area contributed by atoms with Crippen LogP contribution < -0.4 is 10.6 Å². The summed E-state index contributed by atoms with van der Waals surface area (Å²) in [5.74, 6) is 0.514. The van der Waals surface area contributed by atoms with Crippen LogP contribution in [0.15, 0.2) is 42.6 Å². The van der Waals surface area contributed by atoms with Gasteiger partial charge in [0.2, 0.25) is 0 Å². The van der Waals surface area contributed by atoms with E-state index in [1.54, 1.807) is 24.3 Å². The van der Waals surface area contributed by atoms with Crippen LogP contribution in [-0.4, -0.2) is 17.4 Å². The normalized spacial score (nSPS) is 10.0. The van der Waals surface area contributed by atoms with Crippen LogP contribution >= 0.6 is 11.6 Å². The number of carbonyl (C=O) groups is 1. The van der Waals surface area contributed by atoms with Crippen molar-refractivity contribution >= 4 is 29.0 Å². The monoisotopic (exact) mass is 275 g/mol. The Balaban J connectivity index is 2.10. The third-order valence-electron chi connectivity index (χ3n) is 2.51. The summed E-state index contributed by atoms with van der Waals surface area (Å²) >= 11 is 5.98. The number of pyridine rings is 1. The molecule has 0 radical (unpaired) electrons. The minimum atomic E-state index is -0.233. The van der Waals surface area contributed by atoms with Gasteiger partial charge in [-0.05, 0) is 31.2 Å². The van der Waals surface area contributed by atoms with E-state index in [1.165, 1.54) is 6.20 Å². The molecule has 1 aromatic carbocycles. The van der Waals surface area contributed by atoms with E-state index >= 15 is 0 Å². The Kier molecular flexibility index (Phi) is 4.36. The molecule has 2 N–H and O–H groups in total. The van der Waals surface area contributed by atoms with E-state index in [1.807, 2.05) is 19.1 Å². The van der Waals surface area contributed by atoms with Crippen molar-refractivity contribution in [1.82, 2.24) is 4.98 Å². The second kappa shape index (κ2) is 6.20. The maximum absolute atomic E-state index is 12.0. The van der Waals surface area contributed by atoms with Crippen LogP contribution in [-0.2, 0) is 0 Å². The van der Waals surface area contributed by atoms with Gasteiger partial charge in [0.1, 0.15) is 5.82 Å². The highest BCUT2D eigenvalue weighted by Gasteiger charge is 2.08. The standard InChI is InChI=1S/C14H14ClN3O/c1-2-16-13-8-7-10(9-17-13)14(19)18-12-6-4-3-5-11(12)15/h3-9H,2H2,1H3,(H,16,17)(H,18,19). The van der Waals surface area contributed by atoms with Crippen molar-refractivity contribution in [3.63, 3.8) is 0 Å². The third kappa shape index (κ3) is 3.45. The molecule has 1 amide bonds. The number of para-hydroxylation sites is 1. The van der Waals surface area contributed by atoms with Crippen molar-refractivity contribution in [3.8, 4) is 0 Å². The SMILES string of the molecule is CCNc1ccc(C(=O)Nc2ccccc2Cl)cn1. The van der Waals surface area contributed by atoms with E-state index < -0.39 is 0 Å². The van der Waals surface area contributed by atoms with Gasteiger partial charge in [0.25, 0.3) is 5.91 Å². The Morgan fingerprint density at radius 3 is 2.68 bits per heavy atom. The number of hydrogen-bond donors (Lipinski definition) is 2. The summed E-state index contributed by atoms with van der Waals surface area (Å²) in [5.41, 5.74) is 1.08. The van der Waals surface area contributed by atoms with E-state index in [0.717, 1.165) is 12.4 Å². The maximum Gasteiger partial charge on any atom is 0.257 e. The zero-order chi connectivity index (χ0) is 13.7. The highest BCUT2D eigenvalue weighted by atomic mass is 35.5. The van der Waals surface area contributed by atoms with E-state index in [-0.39, 0.29) is 5.91 Å². The Hall–Kier alpha value is -2.07. The average Bonchev–Trinajstić information content (AvgIpc) is 2.42. The summed E-state index contributed by atoms with van der Waals surface area (Å²) in [6.07, 6.45) is 1.53. The summed E-state index contributed by atoms with van der Waals surface area (Å²) in [4.78, 5) is 16.2. The first kappa shape index (κ1) is 13.4. The number of benzene rings is 1. The fourth-order valence-corrected chi connectivity index (χ4v) is 1.75. The zero-order valence-corrected chi connectivity index (χ0v) is 11.2. The van der Waals surface area contributed by atoms with Crippen molar-refractivity contribution in [2.45, 2.75) is 6.92 Å². The molecule has 5 heteroatoms. The molecule has 0 saturated carbocycles. The average molecular weight is 276 g/mol. The summed E-state index contributed by atoms with van der Waals surface area (Å²) in [6, 6.07) is 10.6. The van der Waals surface area contributed by atoms with Gasteiger partial charge in [-0.15, -0.1) is 0 Å². The smallest absolute Gasteiger partial charge is 0.257 e. The molecule has 1 aromatic heterocycles. The number of anilines is 2. The summed E-state index contributed by atoms with van der Waals surface area (Å²) in [7, 11) is 0. The lowest BCUT2D eigenvalue weighted by molar-refractivity contribution is 0.102. The van der Waals surface area contributed by atoms with Gasteiger partial charge in [-0.2, -0.15) is 0 Å². The fraction of sp³-hybridized carbons (Fsp3) is 0.143. The van der Waals surface area contributed by atoms with Gasteiger partial charge in [0.15, 0.2) is 0 Å². The van der Waals surface area contributed by atoms with Crippen LogP contribution in [0.2, 0.25) is 5.02 Å². The van der Waals surface area contributed by atoms with Gasteiger partial charge in [-0.1, -0.05) is 23.7 Å². The molecule has 0 fully saturated rings. The molecule has 0 aliphatic heterocycles. The second-order valence-electron chi connectivity index (χ2n) is 3.90. The van der Waals surface area contributed by atoms with Gasteiger partial charge in [0, 0.05) is 12.7 Å². The van der Waals surface area contributed by atoms with E-state index in [9.17, 15) is 4.79 Å². The molecule has 19 heavy (non-hydrogen) atoms. The lowest BCUT2D eigenvalue weighted by Gasteiger charge is -2.07. The fourth-order valence-electron chi connectivity index (χ4n) is 1.57. The Morgan fingerprint density at radius 1 is 1.26 bits per heavy atom. The molecule has 1 heterocycles. The number of nitrogens with one attached hydrogen (secondary N) is 2. The van der Waals surface area contributed by atoms with Gasteiger partial charge < -0.3 is 10.6 Å². The molecular weight excluding hydrogens is 262 g/mol. The van der Waals surface area contributed by atoms with Crippen LogP contribution in [0.1, 0.15) is 17.3 Å². The second-order valence-corrected chi connectivity index (χ2v) is 4.30. The van der Waals surface area contributed by atoms with Crippen LogP contribution in [0.3, 0.4) is 0 Å². The van der Waals surface area contributed by atoms with Crippen LogP contribution in [0, 0.1) is 0 Å². The number of aromatic nitrogens is 1.